The lowest BCUT2D eigenvalue weighted by Crippen LogP contribution is -2.89. The van der Waals surface area contributed by atoms with Crippen molar-refractivity contribution in [2.75, 3.05) is 0 Å². The first-order valence-electron chi connectivity index (χ1n) is 11.2. The second-order valence-corrected chi connectivity index (χ2v) is 11.1. The lowest BCUT2D eigenvalue weighted by Gasteiger charge is -2.67. The minimum absolute atomic E-state index is 0.0139. The third-order valence-corrected chi connectivity index (χ3v) is 8.86. The van der Waals surface area contributed by atoms with Crippen LogP contribution >= 0.6 is 0 Å². The van der Waals surface area contributed by atoms with Crippen LogP contribution in [0.3, 0.4) is 0 Å². The van der Waals surface area contributed by atoms with Gasteiger partial charge in [-0.05, 0) is 11.8 Å². The van der Waals surface area contributed by atoms with Crippen molar-refractivity contribution in [1.29, 1.82) is 0 Å². The molecule has 6 atom stereocenters. The van der Waals surface area contributed by atoms with Gasteiger partial charge in [0.2, 0.25) is 0 Å². The lowest BCUT2D eigenvalue weighted by atomic mass is 9.45. The zero-order valence-electron chi connectivity index (χ0n) is 20.4. The topological polar surface area (TPSA) is 138 Å². The number of ketones is 1. The number of benzene rings is 1. The number of hydrogen-bond acceptors (Lipinski definition) is 7. The van der Waals surface area contributed by atoms with E-state index in [-0.39, 0.29) is 11.5 Å². The zero-order chi connectivity index (χ0) is 25.1. The van der Waals surface area contributed by atoms with Gasteiger partial charge in [-0.3, -0.25) is 4.79 Å². The van der Waals surface area contributed by atoms with E-state index < -0.39 is 57.6 Å². The van der Waals surface area contributed by atoms with Crippen LogP contribution in [0.2, 0.25) is 0 Å². The van der Waals surface area contributed by atoms with E-state index in [4.69, 9.17) is 0 Å². The van der Waals surface area contributed by atoms with Gasteiger partial charge in [0, 0.05) is 16.4 Å². The second kappa shape index (κ2) is 8.15. The molecular formula is C25H40O7. The molecular weight excluding hydrogens is 412 g/mol. The third-order valence-electron chi connectivity index (χ3n) is 8.86. The van der Waals surface area contributed by atoms with Gasteiger partial charge in [-0.2, -0.15) is 0 Å². The highest BCUT2D eigenvalue weighted by molar-refractivity contribution is 6.04. The van der Waals surface area contributed by atoms with E-state index in [9.17, 15) is 35.4 Å². The van der Waals surface area contributed by atoms with Crippen molar-refractivity contribution in [1.82, 2.24) is 0 Å². The highest BCUT2D eigenvalue weighted by atomic mass is 16.4. The van der Waals surface area contributed by atoms with Crippen LogP contribution in [0.4, 0.5) is 0 Å². The van der Waals surface area contributed by atoms with Crippen molar-refractivity contribution in [2.24, 2.45) is 22.7 Å². The molecule has 1 aromatic carbocycles. The summed E-state index contributed by atoms with van der Waals surface area (Å²) in [6.07, 6.45) is -6.60. The van der Waals surface area contributed by atoms with E-state index in [1.165, 1.54) is 12.1 Å². The van der Waals surface area contributed by atoms with Gasteiger partial charge >= 0.3 is 0 Å². The fraction of sp³-hybridized carbons (Fsp3) is 0.720. The Hall–Kier alpha value is -1.35. The van der Waals surface area contributed by atoms with Gasteiger partial charge in [0.05, 0.1) is 0 Å². The number of carbonyl (C=O) groups is 1. The Morgan fingerprint density at radius 2 is 1.25 bits per heavy atom. The van der Waals surface area contributed by atoms with Crippen molar-refractivity contribution in [3.63, 3.8) is 0 Å². The fourth-order valence-electron chi connectivity index (χ4n) is 4.98. The first-order chi connectivity index (χ1) is 14.4. The van der Waals surface area contributed by atoms with Crippen LogP contribution in [0, 0.1) is 22.7 Å². The highest BCUT2D eigenvalue weighted by Crippen LogP contribution is 2.59. The summed E-state index contributed by atoms with van der Waals surface area (Å²) in [4.78, 5) is 13.6. The summed E-state index contributed by atoms with van der Waals surface area (Å²) in [6.45, 7) is 13.3. The van der Waals surface area contributed by atoms with E-state index in [2.05, 4.69) is 0 Å². The largest absolute Gasteiger partial charge is 0.387 e. The molecule has 1 aliphatic carbocycles. The molecule has 0 aromatic heterocycles. The molecule has 7 nitrogen and oxygen atoms in total. The molecule has 1 aliphatic rings. The van der Waals surface area contributed by atoms with Gasteiger partial charge in [-0.25, -0.2) is 0 Å². The molecule has 6 N–H and O–H groups in total. The highest BCUT2D eigenvalue weighted by Gasteiger charge is 2.80. The molecule has 2 rings (SSSR count). The predicted molar refractivity (Wildman–Crippen MR) is 121 cm³/mol. The standard InChI is InChI=1S/C25H40O7/c1-14(2)21(5,6)24(31)19(28)18(27)23(30,17(26)16-12-10-9-11-13-16)25(32,20(24)29)22(7,8)15(3)4/h9-15,18-20,27-32H,1-8H3/t18-,19-,20-,23+,24+,25+/m1/s1. The molecule has 0 heterocycles. The fourth-order valence-corrected chi connectivity index (χ4v) is 4.98. The molecule has 7 heteroatoms. The van der Waals surface area contributed by atoms with Crippen LogP contribution in [-0.2, 0) is 0 Å². The maximum atomic E-state index is 13.6. The maximum absolute atomic E-state index is 13.6. The van der Waals surface area contributed by atoms with Crippen LogP contribution in [-0.4, -0.2) is 71.5 Å². The average molecular weight is 453 g/mol. The third kappa shape index (κ3) is 3.13. The van der Waals surface area contributed by atoms with Crippen molar-refractivity contribution in [3.05, 3.63) is 35.9 Å². The minimum atomic E-state index is -3.01. The second-order valence-electron chi connectivity index (χ2n) is 11.1. The van der Waals surface area contributed by atoms with Gasteiger partial charge in [0.25, 0.3) is 0 Å². The summed E-state index contributed by atoms with van der Waals surface area (Å²) in [6, 6.07) is 7.60. The predicted octanol–water partition coefficient (Wildman–Crippen LogP) is 1.52. The van der Waals surface area contributed by atoms with Crippen molar-refractivity contribution < 1.29 is 35.4 Å². The molecule has 0 bridgehead atoms. The van der Waals surface area contributed by atoms with Gasteiger partial charge in [-0.1, -0.05) is 85.7 Å². The van der Waals surface area contributed by atoms with Crippen LogP contribution in [0.15, 0.2) is 30.3 Å². The van der Waals surface area contributed by atoms with Gasteiger partial charge in [0.1, 0.15) is 29.5 Å². The molecule has 182 valence electrons. The molecule has 1 saturated carbocycles. The Bertz CT molecular complexity index is 834. The Balaban J connectivity index is 2.94. The molecule has 32 heavy (non-hydrogen) atoms. The molecule has 0 radical (unpaired) electrons. The smallest absolute Gasteiger partial charge is 0.200 e. The molecule has 0 spiro atoms. The van der Waals surface area contributed by atoms with E-state index in [0.29, 0.717) is 0 Å². The first kappa shape index (κ1) is 26.9. The number of aliphatic hydroxyl groups is 6. The van der Waals surface area contributed by atoms with Crippen molar-refractivity contribution in [3.8, 4) is 0 Å². The number of rotatable bonds is 6. The van der Waals surface area contributed by atoms with Gasteiger partial charge in [0.15, 0.2) is 11.4 Å². The molecule has 0 aliphatic heterocycles. The summed E-state index contributed by atoms with van der Waals surface area (Å²) < 4.78 is 0. The molecule has 0 unspecified atom stereocenters. The Morgan fingerprint density at radius 1 is 0.812 bits per heavy atom. The number of Topliss-reactive ketones (excluding diaryl/α,β-unsaturated/α-hetero) is 1. The first-order valence-corrected chi connectivity index (χ1v) is 11.2. The van der Waals surface area contributed by atoms with Crippen LogP contribution in [0.5, 0.6) is 0 Å². The molecule has 1 aromatic rings. The van der Waals surface area contributed by atoms with Gasteiger partial charge < -0.3 is 30.6 Å². The normalized spacial score (nSPS) is 36.6. The molecule has 0 saturated heterocycles. The lowest BCUT2D eigenvalue weighted by molar-refractivity contribution is -0.376. The summed E-state index contributed by atoms with van der Waals surface area (Å²) in [7, 11) is 0. The van der Waals surface area contributed by atoms with E-state index in [1.807, 2.05) is 0 Å². The monoisotopic (exact) mass is 452 g/mol. The van der Waals surface area contributed by atoms with Crippen molar-refractivity contribution >= 4 is 5.78 Å². The van der Waals surface area contributed by atoms with Crippen molar-refractivity contribution in [2.45, 2.75) is 90.5 Å². The van der Waals surface area contributed by atoms with Crippen LogP contribution < -0.4 is 0 Å². The zero-order valence-corrected chi connectivity index (χ0v) is 20.4. The summed E-state index contributed by atoms with van der Waals surface area (Å²) in [5.41, 5.74) is -10.8. The Kier molecular flexibility index (Phi) is 6.85. The number of hydrogen-bond donors (Lipinski definition) is 6. The SMILES string of the molecule is CC(C)C(C)(C)[C@]1(O)[C@H](O)[C@@H](O)[C@@](O)(C(=O)c2ccccc2)[C@@](O)(C(C)(C)C(C)C)[C@@H]1O. The molecule has 1 fully saturated rings. The van der Waals surface area contributed by atoms with E-state index >= 15 is 0 Å². The Morgan fingerprint density at radius 3 is 1.66 bits per heavy atom. The summed E-state index contributed by atoms with van der Waals surface area (Å²) in [5.74, 6) is -1.78. The Labute approximate surface area is 190 Å². The molecule has 0 amide bonds. The summed E-state index contributed by atoms with van der Waals surface area (Å²) >= 11 is 0. The number of aliphatic hydroxyl groups excluding tert-OH is 3. The number of carbonyl (C=O) groups excluding carboxylic acids is 1. The minimum Gasteiger partial charge on any atom is -0.387 e. The maximum Gasteiger partial charge on any atom is 0.200 e. The van der Waals surface area contributed by atoms with Crippen LogP contribution in [0.25, 0.3) is 0 Å². The van der Waals surface area contributed by atoms with Crippen LogP contribution in [0.1, 0.15) is 65.7 Å². The van der Waals surface area contributed by atoms with Gasteiger partial charge in [-0.15, -0.1) is 0 Å². The quantitative estimate of drug-likeness (QED) is 0.360. The van der Waals surface area contributed by atoms with E-state index in [0.717, 1.165) is 0 Å². The average Bonchev–Trinajstić information content (AvgIpc) is 2.74. The summed E-state index contributed by atoms with van der Waals surface area (Å²) in [5, 5.41) is 69.9. The van der Waals surface area contributed by atoms with E-state index in [1.54, 1.807) is 73.6 Å².